The summed E-state index contributed by atoms with van der Waals surface area (Å²) in [6.07, 6.45) is -0.326. The Bertz CT molecular complexity index is 396. The number of alkyl carbamates (subject to hydrolysis) is 1. The summed E-state index contributed by atoms with van der Waals surface area (Å²) in [5, 5.41) is 2.88. The molecule has 17 heavy (non-hydrogen) atoms. The van der Waals surface area contributed by atoms with Crippen LogP contribution >= 0.6 is 0 Å². The van der Waals surface area contributed by atoms with Gasteiger partial charge in [-0.3, -0.25) is 0 Å². The van der Waals surface area contributed by atoms with Crippen molar-refractivity contribution in [1.29, 1.82) is 0 Å². The molecular weight excluding hydrogens is 218 g/mol. The molecule has 1 heterocycles. The molecule has 3 atom stereocenters. The zero-order valence-electron chi connectivity index (χ0n) is 9.46. The molecule has 1 aromatic carbocycles. The highest BCUT2D eigenvalue weighted by atomic mass is 16.5. The van der Waals surface area contributed by atoms with Crippen molar-refractivity contribution >= 4 is 6.09 Å². The van der Waals surface area contributed by atoms with Gasteiger partial charge in [-0.25, -0.2) is 4.79 Å². The van der Waals surface area contributed by atoms with E-state index >= 15 is 0 Å². The van der Waals surface area contributed by atoms with Crippen molar-refractivity contribution in [3.8, 4) is 0 Å². The average molecular weight is 233 g/mol. The van der Waals surface area contributed by atoms with Gasteiger partial charge in [-0.05, 0) is 5.56 Å². The number of hydrogen-bond donors (Lipinski definition) is 1. The summed E-state index contributed by atoms with van der Waals surface area (Å²) in [5.74, 6) is 1.03. The summed E-state index contributed by atoms with van der Waals surface area (Å²) < 4.78 is 10.4. The summed E-state index contributed by atoms with van der Waals surface area (Å²) in [5.41, 5.74) is 1.00. The fourth-order valence-electron chi connectivity index (χ4n) is 2.35. The highest BCUT2D eigenvalue weighted by Gasteiger charge is 2.55. The number of carbonyl (C=O) groups is 1. The number of benzene rings is 1. The van der Waals surface area contributed by atoms with Crippen LogP contribution in [0.25, 0.3) is 0 Å². The van der Waals surface area contributed by atoms with Crippen LogP contribution in [-0.2, 0) is 16.1 Å². The van der Waals surface area contributed by atoms with Crippen molar-refractivity contribution in [2.24, 2.45) is 11.8 Å². The molecule has 1 N–H and O–H groups in total. The van der Waals surface area contributed by atoms with E-state index in [4.69, 9.17) is 9.47 Å². The molecule has 1 aliphatic carbocycles. The van der Waals surface area contributed by atoms with Gasteiger partial charge < -0.3 is 14.8 Å². The molecule has 1 saturated heterocycles. The Morgan fingerprint density at radius 2 is 2.00 bits per heavy atom. The van der Waals surface area contributed by atoms with Crippen LogP contribution < -0.4 is 5.32 Å². The highest BCUT2D eigenvalue weighted by Crippen LogP contribution is 2.44. The number of hydrogen-bond acceptors (Lipinski definition) is 3. The topological polar surface area (TPSA) is 47.6 Å². The molecule has 3 rings (SSSR count). The first-order valence-electron chi connectivity index (χ1n) is 5.89. The lowest BCUT2D eigenvalue weighted by Crippen LogP contribution is -2.30. The predicted molar refractivity (Wildman–Crippen MR) is 61.3 cm³/mol. The zero-order chi connectivity index (χ0) is 11.7. The maximum Gasteiger partial charge on any atom is 0.407 e. The lowest BCUT2D eigenvalue weighted by atomic mass is 10.2. The fraction of sp³-hybridized carbons (Fsp3) is 0.462. The van der Waals surface area contributed by atoms with Crippen LogP contribution in [-0.4, -0.2) is 25.3 Å². The second kappa shape index (κ2) is 4.37. The van der Waals surface area contributed by atoms with E-state index in [2.05, 4.69) is 5.32 Å². The summed E-state index contributed by atoms with van der Waals surface area (Å²) in [6, 6.07) is 9.94. The van der Waals surface area contributed by atoms with E-state index in [0.29, 0.717) is 18.4 Å². The lowest BCUT2D eigenvalue weighted by molar-refractivity contribution is 0.128. The molecule has 2 unspecified atom stereocenters. The van der Waals surface area contributed by atoms with Gasteiger partial charge in [-0.2, -0.15) is 0 Å². The number of rotatable bonds is 3. The number of carbonyl (C=O) groups excluding carboxylic acids is 1. The first-order valence-corrected chi connectivity index (χ1v) is 5.89. The second-order valence-electron chi connectivity index (χ2n) is 4.60. The van der Waals surface area contributed by atoms with Gasteiger partial charge in [0.1, 0.15) is 6.61 Å². The average Bonchev–Trinajstić information content (AvgIpc) is 2.79. The Kier molecular flexibility index (Phi) is 2.73. The predicted octanol–water partition coefficient (Wildman–Crippen LogP) is 1.56. The maximum atomic E-state index is 11.5. The van der Waals surface area contributed by atoms with E-state index in [1.165, 1.54) is 0 Å². The van der Waals surface area contributed by atoms with E-state index in [1.54, 1.807) is 0 Å². The summed E-state index contributed by atoms with van der Waals surface area (Å²) in [6.45, 7) is 1.87. The Morgan fingerprint density at radius 1 is 1.29 bits per heavy atom. The zero-order valence-corrected chi connectivity index (χ0v) is 9.46. The largest absolute Gasteiger partial charge is 0.445 e. The SMILES string of the molecule is O=C(NC1C2COC[C@@H]21)OCc1ccccc1. The first-order chi connectivity index (χ1) is 8.34. The van der Waals surface area contributed by atoms with Crippen molar-refractivity contribution in [3.05, 3.63) is 35.9 Å². The number of nitrogens with one attached hydrogen (secondary N) is 1. The molecule has 1 aliphatic heterocycles. The van der Waals surface area contributed by atoms with Crippen LogP contribution in [0.5, 0.6) is 0 Å². The van der Waals surface area contributed by atoms with Crippen LogP contribution in [0.4, 0.5) is 4.79 Å². The minimum atomic E-state index is -0.326. The van der Waals surface area contributed by atoms with E-state index in [-0.39, 0.29) is 12.1 Å². The quantitative estimate of drug-likeness (QED) is 0.861. The molecule has 4 heteroatoms. The lowest BCUT2D eigenvalue weighted by Gasteiger charge is -2.08. The van der Waals surface area contributed by atoms with Crippen molar-refractivity contribution in [2.45, 2.75) is 12.6 Å². The molecule has 2 aliphatic rings. The third-order valence-corrected chi connectivity index (χ3v) is 3.45. The number of fused-ring (bicyclic) bond motifs is 1. The third kappa shape index (κ3) is 2.26. The van der Waals surface area contributed by atoms with Crippen LogP contribution in [0.15, 0.2) is 30.3 Å². The van der Waals surface area contributed by atoms with Gasteiger partial charge in [0.25, 0.3) is 0 Å². The van der Waals surface area contributed by atoms with E-state index in [1.807, 2.05) is 30.3 Å². The normalized spacial score (nSPS) is 29.5. The van der Waals surface area contributed by atoms with Gasteiger partial charge in [0.05, 0.1) is 13.2 Å². The number of ether oxygens (including phenoxy) is 2. The van der Waals surface area contributed by atoms with Crippen LogP contribution in [0.3, 0.4) is 0 Å². The molecule has 0 radical (unpaired) electrons. The van der Waals surface area contributed by atoms with Crippen molar-refractivity contribution in [3.63, 3.8) is 0 Å². The molecule has 0 aromatic heterocycles. The molecule has 1 aromatic rings. The molecule has 1 saturated carbocycles. The molecule has 1 amide bonds. The molecule has 2 fully saturated rings. The molecule has 4 nitrogen and oxygen atoms in total. The van der Waals surface area contributed by atoms with Gasteiger partial charge in [-0.1, -0.05) is 30.3 Å². The fourth-order valence-corrected chi connectivity index (χ4v) is 2.35. The van der Waals surface area contributed by atoms with Crippen molar-refractivity contribution < 1.29 is 14.3 Å². The van der Waals surface area contributed by atoms with Crippen LogP contribution in [0, 0.1) is 11.8 Å². The van der Waals surface area contributed by atoms with Gasteiger partial charge in [0.15, 0.2) is 0 Å². The Morgan fingerprint density at radius 3 is 2.71 bits per heavy atom. The maximum absolute atomic E-state index is 11.5. The highest BCUT2D eigenvalue weighted by molar-refractivity contribution is 5.68. The van der Waals surface area contributed by atoms with Gasteiger partial charge in [-0.15, -0.1) is 0 Å². The van der Waals surface area contributed by atoms with Crippen LogP contribution in [0.1, 0.15) is 5.56 Å². The van der Waals surface area contributed by atoms with Gasteiger partial charge in [0, 0.05) is 17.9 Å². The molecule has 0 bridgehead atoms. The van der Waals surface area contributed by atoms with Crippen LogP contribution in [0.2, 0.25) is 0 Å². The Balaban J connectivity index is 1.42. The summed E-state index contributed by atoms with van der Waals surface area (Å²) >= 11 is 0. The van der Waals surface area contributed by atoms with Gasteiger partial charge >= 0.3 is 6.09 Å². The molecular formula is C13H15NO3. The van der Waals surface area contributed by atoms with Crippen molar-refractivity contribution in [1.82, 2.24) is 5.32 Å². The summed E-state index contributed by atoms with van der Waals surface area (Å²) in [4.78, 5) is 11.5. The Hall–Kier alpha value is -1.55. The van der Waals surface area contributed by atoms with E-state index in [0.717, 1.165) is 18.8 Å². The minimum absolute atomic E-state index is 0.270. The minimum Gasteiger partial charge on any atom is -0.445 e. The van der Waals surface area contributed by atoms with Gasteiger partial charge in [0.2, 0.25) is 0 Å². The first kappa shape index (κ1) is 10.6. The summed E-state index contributed by atoms with van der Waals surface area (Å²) in [7, 11) is 0. The second-order valence-corrected chi connectivity index (χ2v) is 4.60. The van der Waals surface area contributed by atoms with Crippen molar-refractivity contribution in [2.75, 3.05) is 13.2 Å². The molecule has 0 spiro atoms. The smallest absolute Gasteiger partial charge is 0.407 e. The van der Waals surface area contributed by atoms with E-state index in [9.17, 15) is 4.79 Å². The molecule has 90 valence electrons. The van der Waals surface area contributed by atoms with E-state index < -0.39 is 0 Å². The number of amides is 1. The Labute approximate surface area is 99.9 Å². The standard InChI is InChI=1S/C13H15NO3/c15-13(14-12-10-7-16-8-11(10)12)17-6-9-4-2-1-3-5-9/h1-5,10-12H,6-8H2,(H,14,15)/t10-,11?,12?/m0/s1. The monoisotopic (exact) mass is 233 g/mol. The third-order valence-electron chi connectivity index (χ3n) is 3.45.